The third-order valence-corrected chi connectivity index (χ3v) is 1.87. The van der Waals surface area contributed by atoms with Crippen molar-refractivity contribution in [1.29, 1.82) is 0 Å². The predicted molar refractivity (Wildman–Crippen MR) is 64.5 cm³/mol. The van der Waals surface area contributed by atoms with E-state index in [1.165, 1.54) is 11.3 Å². The summed E-state index contributed by atoms with van der Waals surface area (Å²) in [5.74, 6) is 6.33. The van der Waals surface area contributed by atoms with E-state index >= 15 is 0 Å². The summed E-state index contributed by atoms with van der Waals surface area (Å²) in [4.78, 5) is 3.95. The summed E-state index contributed by atoms with van der Waals surface area (Å²) in [5.41, 5.74) is 1.13. The average Bonchev–Trinajstić information content (AvgIpc) is 2.86. The molecule has 3 N–H and O–H groups in total. The molecule has 0 fully saturated rings. The summed E-state index contributed by atoms with van der Waals surface area (Å²) < 4.78 is 0. The second-order valence-corrected chi connectivity index (χ2v) is 2.92. The average molecular weight is 219 g/mol. The summed E-state index contributed by atoms with van der Waals surface area (Å²) in [7, 11) is 0. The fraction of sp³-hybridized carbons (Fsp3) is 0.273. The maximum atomic E-state index is 5.77. The zero-order valence-corrected chi connectivity index (χ0v) is 9.59. The van der Waals surface area contributed by atoms with Gasteiger partial charge < -0.3 is 0 Å². The van der Waals surface area contributed by atoms with E-state index < -0.39 is 0 Å². The molecule has 0 atom stereocenters. The smallest absolute Gasteiger partial charge is 0.235 e. The maximum absolute atomic E-state index is 5.77. The molecule has 0 bridgehead atoms. The van der Waals surface area contributed by atoms with Crippen LogP contribution in [0.2, 0.25) is 0 Å². The molecule has 5 heteroatoms. The summed E-state index contributed by atoms with van der Waals surface area (Å²) in [6.07, 6.45) is 1.43. The Morgan fingerprint density at radius 3 is 2.50 bits per heavy atom. The molecule has 0 aliphatic carbocycles. The molecule has 86 valence electrons. The lowest BCUT2D eigenvalue weighted by Gasteiger charge is -2.14. The van der Waals surface area contributed by atoms with Crippen LogP contribution in [0, 0.1) is 0 Å². The van der Waals surface area contributed by atoms with Crippen molar-refractivity contribution < 1.29 is 0 Å². The van der Waals surface area contributed by atoms with Crippen molar-refractivity contribution >= 4 is 5.95 Å². The van der Waals surface area contributed by atoms with Gasteiger partial charge >= 0.3 is 0 Å². The van der Waals surface area contributed by atoms with Gasteiger partial charge in [0.15, 0.2) is 0 Å². The number of aromatic nitrogens is 3. The minimum Gasteiger partial charge on any atom is -0.275 e. The molecule has 0 aliphatic heterocycles. The summed E-state index contributed by atoms with van der Waals surface area (Å²) >= 11 is 0. The number of aromatic amines is 1. The number of nitrogens with one attached hydrogen (secondary N) is 1. The van der Waals surface area contributed by atoms with E-state index in [1.807, 2.05) is 44.2 Å². The van der Waals surface area contributed by atoms with Crippen molar-refractivity contribution in [2.75, 3.05) is 5.01 Å². The zero-order valence-electron chi connectivity index (χ0n) is 9.59. The van der Waals surface area contributed by atoms with E-state index in [-0.39, 0.29) is 0 Å². The standard InChI is InChI=1S/C9H11N5.C2H6/c10-14(9-11-7-12-13-9)6-8-4-2-1-3-5-8;1-2/h1-5,7H,6,10H2,(H,11,12,13);1-2H3. The Kier molecular flexibility index (Phi) is 5.01. The molecule has 1 aromatic heterocycles. The Labute approximate surface area is 95.3 Å². The zero-order chi connectivity index (χ0) is 11.8. The van der Waals surface area contributed by atoms with E-state index in [0.29, 0.717) is 12.5 Å². The molecule has 0 aliphatic rings. The fourth-order valence-electron chi connectivity index (χ4n) is 1.19. The van der Waals surface area contributed by atoms with Crippen LogP contribution in [0.1, 0.15) is 19.4 Å². The molecule has 0 spiro atoms. The first kappa shape index (κ1) is 12.2. The van der Waals surface area contributed by atoms with Gasteiger partial charge in [-0.15, -0.1) is 0 Å². The normalized spacial score (nSPS) is 9.19. The van der Waals surface area contributed by atoms with E-state index in [0.717, 1.165) is 5.56 Å². The Balaban J connectivity index is 0.000000606. The second-order valence-electron chi connectivity index (χ2n) is 2.92. The Bertz CT molecular complexity index is 371. The molecule has 0 saturated heterocycles. The van der Waals surface area contributed by atoms with Gasteiger partial charge in [0.2, 0.25) is 5.95 Å². The Morgan fingerprint density at radius 1 is 1.25 bits per heavy atom. The summed E-state index contributed by atoms with van der Waals surface area (Å²) in [6.45, 7) is 4.61. The first-order valence-corrected chi connectivity index (χ1v) is 5.28. The van der Waals surface area contributed by atoms with Gasteiger partial charge in [0, 0.05) is 0 Å². The molecule has 0 unspecified atom stereocenters. The van der Waals surface area contributed by atoms with E-state index in [9.17, 15) is 0 Å². The molecule has 2 rings (SSSR count). The lowest BCUT2D eigenvalue weighted by atomic mass is 10.2. The minimum absolute atomic E-state index is 0.564. The topological polar surface area (TPSA) is 70.8 Å². The highest BCUT2D eigenvalue weighted by Gasteiger charge is 2.03. The molecular weight excluding hydrogens is 202 g/mol. The fourth-order valence-corrected chi connectivity index (χ4v) is 1.19. The number of H-pyrrole nitrogens is 1. The monoisotopic (exact) mass is 219 g/mol. The SMILES string of the molecule is CC.NN(Cc1ccccc1)c1ncn[nH]1. The van der Waals surface area contributed by atoms with E-state index in [2.05, 4.69) is 15.2 Å². The number of hydrazine groups is 1. The molecule has 1 heterocycles. The van der Waals surface area contributed by atoms with Gasteiger partial charge in [0.1, 0.15) is 6.33 Å². The summed E-state index contributed by atoms with van der Waals surface area (Å²) in [6, 6.07) is 9.94. The van der Waals surface area contributed by atoms with Crippen LogP contribution in [-0.4, -0.2) is 15.2 Å². The van der Waals surface area contributed by atoms with Crippen LogP contribution in [-0.2, 0) is 6.54 Å². The second kappa shape index (κ2) is 6.58. The molecule has 0 radical (unpaired) electrons. The Hall–Kier alpha value is -1.88. The number of rotatable bonds is 3. The highest BCUT2D eigenvalue weighted by atomic mass is 15.5. The van der Waals surface area contributed by atoms with Gasteiger partial charge in [-0.3, -0.25) is 5.01 Å². The molecular formula is C11H17N5. The lowest BCUT2D eigenvalue weighted by molar-refractivity contribution is 0.811. The van der Waals surface area contributed by atoms with E-state index in [4.69, 9.17) is 5.84 Å². The predicted octanol–water partition coefficient (Wildman–Crippen LogP) is 1.71. The molecule has 0 amide bonds. The Morgan fingerprint density at radius 2 is 1.94 bits per heavy atom. The van der Waals surface area contributed by atoms with Crippen LogP contribution >= 0.6 is 0 Å². The molecule has 1 aromatic carbocycles. The summed E-state index contributed by atoms with van der Waals surface area (Å²) in [5, 5.41) is 7.94. The van der Waals surface area contributed by atoms with Gasteiger partial charge in [-0.05, 0) is 5.56 Å². The van der Waals surface area contributed by atoms with Crippen LogP contribution in [0.3, 0.4) is 0 Å². The number of hydrogen-bond donors (Lipinski definition) is 2. The van der Waals surface area contributed by atoms with Gasteiger partial charge in [-0.25, -0.2) is 10.9 Å². The third kappa shape index (κ3) is 3.36. The highest BCUT2D eigenvalue weighted by molar-refractivity contribution is 5.27. The van der Waals surface area contributed by atoms with Gasteiger partial charge in [-0.2, -0.15) is 10.1 Å². The van der Waals surface area contributed by atoms with Gasteiger partial charge in [0.05, 0.1) is 6.54 Å². The molecule has 16 heavy (non-hydrogen) atoms. The quantitative estimate of drug-likeness (QED) is 0.609. The lowest BCUT2D eigenvalue weighted by Crippen LogP contribution is -2.31. The van der Waals surface area contributed by atoms with Gasteiger partial charge in [-0.1, -0.05) is 44.2 Å². The van der Waals surface area contributed by atoms with Crippen LogP contribution in [0.25, 0.3) is 0 Å². The van der Waals surface area contributed by atoms with Crippen LogP contribution in [0.15, 0.2) is 36.7 Å². The van der Waals surface area contributed by atoms with Crippen molar-refractivity contribution in [2.45, 2.75) is 20.4 Å². The third-order valence-electron chi connectivity index (χ3n) is 1.87. The largest absolute Gasteiger partial charge is 0.275 e. The van der Waals surface area contributed by atoms with E-state index in [1.54, 1.807) is 0 Å². The van der Waals surface area contributed by atoms with Crippen LogP contribution in [0.4, 0.5) is 5.95 Å². The number of hydrogen-bond acceptors (Lipinski definition) is 4. The van der Waals surface area contributed by atoms with Crippen molar-refractivity contribution in [3.8, 4) is 0 Å². The number of benzene rings is 1. The number of anilines is 1. The first-order chi connectivity index (χ1) is 7.86. The van der Waals surface area contributed by atoms with Crippen LogP contribution in [0.5, 0.6) is 0 Å². The minimum atomic E-state index is 0.564. The molecule has 5 nitrogen and oxygen atoms in total. The van der Waals surface area contributed by atoms with Crippen molar-refractivity contribution in [1.82, 2.24) is 15.2 Å². The molecule has 0 saturated carbocycles. The maximum Gasteiger partial charge on any atom is 0.235 e. The van der Waals surface area contributed by atoms with Crippen LogP contribution < -0.4 is 10.9 Å². The number of nitrogens with two attached hydrogens (primary N) is 1. The number of nitrogens with zero attached hydrogens (tertiary/aromatic N) is 3. The highest BCUT2D eigenvalue weighted by Crippen LogP contribution is 2.05. The van der Waals surface area contributed by atoms with Crippen molar-refractivity contribution in [2.24, 2.45) is 5.84 Å². The molecule has 2 aromatic rings. The first-order valence-electron chi connectivity index (χ1n) is 5.28. The van der Waals surface area contributed by atoms with Gasteiger partial charge in [0.25, 0.3) is 0 Å². The van der Waals surface area contributed by atoms with Crippen molar-refractivity contribution in [3.63, 3.8) is 0 Å². The van der Waals surface area contributed by atoms with Crippen molar-refractivity contribution in [3.05, 3.63) is 42.2 Å².